The Hall–Kier alpha value is -0.690. The Bertz CT molecular complexity index is 561. The van der Waals surface area contributed by atoms with Crippen molar-refractivity contribution in [1.82, 2.24) is 4.72 Å². The Kier molecular flexibility index (Phi) is 5.77. The second-order valence-corrected chi connectivity index (χ2v) is 8.18. The maximum atomic E-state index is 12.1. The third-order valence-corrected chi connectivity index (χ3v) is 6.51. The van der Waals surface area contributed by atoms with Gasteiger partial charge in [0.05, 0.1) is 0 Å². The van der Waals surface area contributed by atoms with Crippen LogP contribution in [0.4, 0.5) is 0 Å². The SMILES string of the molecule is NCCc1ccc(S(=O)(=O)NCCC2=CCCCC2)s1. The molecule has 0 fully saturated rings. The molecule has 20 heavy (non-hydrogen) atoms. The number of hydrogen-bond acceptors (Lipinski definition) is 4. The van der Waals surface area contributed by atoms with Crippen molar-refractivity contribution in [2.45, 2.75) is 42.7 Å². The average molecular weight is 314 g/mol. The van der Waals surface area contributed by atoms with Crippen LogP contribution in [0.3, 0.4) is 0 Å². The minimum absolute atomic E-state index is 0.388. The monoisotopic (exact) mass is 314 g/mol. The summed E-state index contributed by atoms with van der Waals surface area (Å²) in [6.07, 6.45) is 8.53. The number of rotatable bonds is 7. The summed E-state index contributed by atoms with van der Waals surface area (Å²) in [5, 5.41) is 0. The van der Waals surface area contributed by atoms with Gasteiger partial charge in [0, 0.05) is 11.4 Å². The number of allylic oxidation sites excluding steroid dienone is 1. The lowest BCUT2D eigenvalue weighted by Gasteiger charge is -2.12. The van der Waals surface area contributed by atoms with Crippen molar-refractivity contribution >= 4 is 21.4 Å². The van der Waals surface area contributed by atoms with Gasteiger partial charge in [-0.3, -0.25) is 0 Å². The maximum absolute atomic E-state index is 12.1. The predicted molar refractivity (Wildman–Crippen MR) is 83.4 cm³/mol. The first-order valence-corrected chi connectivity index (χ1v) is 9.38. The first-order chi connectivity index (χ1) is 9.62. The van der Waals surface area contributed by atoms with Gasteiger partial charge in [-0.05, 0) is 57.2 Å². The number of nitrogens with one attached hydrogen (secondary N) is 1. The highest BCUT2D eigenvalue weighted by Gasteiger charge is 2.16. The van der Waals surface area contributed by atoms with Crippen LogP contribution < -0.4 is 10.5 Å². The molecule has 0 saturated carbocycles. The molecule has 4 nitrogen and oxygen atoms in total. The van der Waals surface area contributed by atoms with E-state index in [1.54, 1.807) is 6.07 Å². The topological polar surface area (TPSA) is 72.2 Å². The maximum Gasteiger partial charge on any atom is 0.250 e. The van der Waals surface area contributed by atoms with Gasteiger partial charge in [-0.2, -0.15) is 0 Å². The predicted octanol–water partition coefficient (Wildman–Crippen LogP) is 2.42. The summed E-state index contributed by atoms with van der Waals surface area (Å²) < 4.78 is 27.4. The van der Waals surface area contributed by atoms with Crippen LogP contribution in [0.2, 0.25) is 0 Å². The van der Waals surface area contributed by atoms with Gasteiger partial charge >= 0.3 is 0 Å². The van der Waals surface area contributed by atoms with Crippen molar-refractivity contribution in [2.75, 3.05) is 13.1 Å². The van der Waals surface area contributed by atoms with E-state index in [1.807, 2.05) is 6.07 Å². The second-order valence-electron chi connectivity index (χ2n) is 5.02. The van der Waals surface area contributed by atoms with E-state index in [0.29, 0.717) is 17.3 Å². The van der Waals surface area contributed by atoms with Crippen LogP contribution >= 0.6 is 11.3 Å². The minimum Gasteiger partial charge on any atom is -0.330 e. The van der Waals surface area contributed by atoms with Gasteiger partial charge < -0.3 is 5.73 Å². The Morgan fingerprint density at radius 3 is 2.80 bits per heavy atom. The van der Waals surface area contributed by atoms with E-state index in [9.17, 15) is 8.42 Å². The molecule has 0 saturated heterocycles. The minimum atomic E-state index is -3.36. The normalized spacial score (nSPS) is 16.1. The molecule has 0 aliphatic heterocycles. The summed E-state index contributed by atoms with van der Waals surface area (Å²) in [6.45, 7) is 1.03. The molecule has 0 radical (unpaired) electrons. The van der Waals surface area contributed by atoms with Crippen molar-refractivity contribution in [3.05, 3.63) is 28.7 Å². The van der Waals surface area contributed by atoms with Crippen molar-refractivity contribution in [2.24, 2.45) is 5.73 Å². The van der Waals surface area contributed by atoms with E-state index in [2.05, 4.69) is 10.8 Å². The van der Waals surface area contributed by atoms with Gasteiger partial charge in [0.1, 0.15) is 4.21 Å². The fourth-order valence-electron chi connectivity index (χ4n) is 2.33. The van der Waals surface area contributed by atoms with Crippen molar-refractivity contribution < 1.29 is 8.42 Å². The summed E-state index contributed by atoms with van der Waals surface area (Å²) in [7, 11) is -3.36. The van der Waals surface area contributed by atoms with Gasteiger partial charge in [-0.15, -0.1) is 11.3 Å². The van der Waals surface area contributed by atoms with Gasteiger partial charge in [0.2, 0.25) is 10.0 Å². The fraction of sp³-hybridized carbons (Fsp3) is 0.571. The van der Waals surface area contributed by atoms with Gasteiger partial charge in [0.25, 0.3) is 0 Å². The van der Waals surface area contributed by atoms with E-state index in [0.717, 1.165) is 30.6 Å². The molecule has 1 heterocycles. The van der Waals surface area contributed by atoms with E-state index in [4.69, 9.17) is 5.73 Å². The third-order valence-electron chi connectivity index (χ3n) is 3.42. The fourth-order valence-corrected chi connectivity index (χ4v) is 4.78. The number of sulfonamides is 1. The van der Waals surface area contributed by atoms with Crippen LogP contribution in [0.25, 0.3) is 0 Å². The molecular weight excluding hydrogens is 292 g/mol. The van der Waals surface area contributed by atoms with Gasteiger partial charge in [0.15, 0.2) is 0 Å². The lowest BCUT2D eigenvalue weighted by molar-refractivity contribution is 0.581. The van der Waals surface area contributed by atoms with E-state index in [1.165, 1.54) is 29.8 Å². The molecule has 1 aliphatic carbocycles. The highest BCUT2D eigenvalue weighted by Crippen LogP contribution is 2.22. The van der Waals surface area contributed by atoms with Crippen LogP contribution in [0.15, 0.2) is 28.0 Å². The van der Waals surface area contributed by atoms with Crippen LogP contribution in [0.1, 0.15) is 37.0 Å². The zero-order chi connectivity index (χ0) is 14.4. The molecule has 0 unspecified atom stereocenters. The van der Waals surface area contributed by atoms with Crippen LogP contribution in [-0.2, 0) is 16.4 Å². The first-order valence-electron chi connectivity index (χ1n) is 7.08. The number of thiophene rings is 1. The van der Waals surface area contributed by atoms with Crippen LogP contribution in [0.5, 0.6) is 0 Å². The molecule has 0 amide bonds. The highest BCUT2D eigenvalue weighted by molar-refractivity contribution is 7.91. The summed E-state index contributed by atoms with van der Waals surface area (Å²) in [4.78, 5) is 1.02. The highest BCUT2D eigenvalue weighted by atomic mass is 32.2. The smallest absolute Gasteiger partial charge is 0.250 e. The standard InChI is InChI=1S/C14H22N2O2S2/c15-10-8-13-6-7-14(19-13)20(17,18)16-11-9-12-4-2-1-3-5-12/h4,6-7,16H,1-3,5,8-11,15H2. The Morgan fingerprint density at radius 1 is 1.25 bits per heavy atom. The summed E-state index contributed by atoms with van der Waals surface area (Å²) >= 11 is 1.31. The average Bonchev–Trinajstić information content (AvgIpc) is 2.90. The van der Waals surface area contributed by atoms with Gasteiger partial charge in [-0.25, -0.2) is 13.1 Å². The molecule has 0 aromatic carbocycles. The molecule has 1 aromatic heterocycles. The van der Waals surface area contributed by atoms with Crippen LogP contribution in [-0.4, -0.2) is 21.5 Å². The Morgan fingerprint density at radius 2 is 2.10 bits per heavy atom. The van der Waals surface area contributed by atoms with E-state index < -0.39 is 10.0 Å². The van der Waals surface area contributed by atoms with Crippen molar-refractivity contribution in [3.8, 4) is 0 Å². The van der Waals surface area contributed by atoms with Crippen molar-refractivity contribution in [3.63, 3.8) is 0 Å². The summed E-state index contributed by atoms with van der Waals surface area (Å²) in [6, 6.07) is 3.51. The zero-order valence-electron chi connectivity index (χ0n) is 11.6. The van der Waals surface area contributed by atoms with Crippen molar-refractivity contribution in [1.29, 1.82) is 0 Å². The molecule has 112 valence electrons. The first kappa shape index (κ1) is 15.7. The molecular formula is C14H22N2O2S2. The molecule has 0 atom stereocenters. The van der Waals surface area contributed by atoms with Gasteiger partial charge in [-0.1, -0.05) is 11.6 Å². The summed E-state index contributed by atoms with van der Waals surface area (Å²) in [5.74, 6) is 0. The molecule has 3 N–H and O–H groups in total. The lowest BCUT2D eigenvalue weighted by Crippen LogP contribution is -2.24. The Balaban J connectivity index is 1.88. The van der Waals surface area contributed by atoms with E-state index >= 15 is 0 Å². The number of nitrogens with two attached hydrogens (primary N) is 1. The molecule has 0 spiro atoms. The quantitative estimate of drug-likeness (QED) is 0.759. The Labute approximate surface area is 125 Å². The zero-order valence-corrected chi connectivity index (χ0v) is 13.2. The molecule has 2 rings (SSSR count). The van der Waals surface area contributed by atoms with Crippen LogP contribution in [0, 0.1) is 0 Å². The molecule has 6 heteroatoms. The largest absolute Gasteiger partial charge is 0.330 e. The molecule has 1 aromatic rings. The second kappa shape index (κ2) is 7.36. The lowest BCUT2D eigenvalue weighted by atomic mass is 9.97. The third kappa shape index (κ3) is 4.41. The molecule has 0 bridgehead atoms. The molecule has 1 aliphatic rings. The number of hydrogen-bond donors (Lipinski definition) is 2. The van der Waals surface area contributed by atoms with E-state index in [-0.39, 0.29) is 0 Å². The summed E-state index contributed by atoms with van der Waals surface area (Å²) in [5.41, 5.74) is 6.86.